The minimum Gasteiger partial charge on any atom is -0.350 e. The molecule has 1 aliphatic rings. The van der Waals surface area contributed by atoms with Crippen molar-refractivity contribution in [3.63, 3.8) is 0 Å². The molecule has 0 unspecified atom stereocenters. The second-order valence-corrected chi connectivity index (χ2v) is 5.79. The van der Waals surface area contributed by atoms with E-state index < -0.39 is 11.8 Å². The number of carbonyl (C=O) groups is 1. The molecule has 0 aromatic carbocycles. The van der Waals surface area contributed by atoms with Gasteiger partial charge in [-0.1, -0.05) is 13.3 Å². The maximum Gasteiger partial charge on any atom is 0.319 e. The molecule has 7 nitrogen and oxygen atoms in total. The number of rotatable bonds is 5. The molecule has 0 aliphatic carbocycles. The Labute approximate surface area is 138 Å². The van der Waals surface area contributed by atoms with Crippen molar-refractivity contribution in [3.05, 3.63) is 24.3 Å². The van der Waals surface area contributed by atoms with Crippen molar-refractivity contribution < 1.29 is 18.7 Å². The fraction of sp³-hybridized carbons (Fsp3) is 0.500. The molecule has 24 heavy (non-hydrogen) atoms. The molecular formula is C16H21FN4O3. The first-order valence-corrected chi connectivity index (χ1v) is 8.09. The molecule has 2 amide bonds. The average Bonchev–Trinajstić information content (AvgIpc) is 2.96. The van der Waals surface area contributed by atoms with Crippen LogP contribution in [0, 0.1) is 5.82 Å². The summed E-state index contributed by atoms with van der Waals surface area (Å²) in [5.41, 5.74) is 0.975. The third kappa shape index (κ3) is 4.01. The maximum atomic E-state index is 13.3. The first-order valence-electron chi connectivity index (χ1n) is 8.09. The highest BCUT2D eigenvalue weighted by Crippen LogP contribution is 2.22. The number of amides is 2. The van der Waals surface area contributed by atoms with Gasteiger partial charge in [-0.15, -0.1) is 0 Å². The van der Waals surface area contributed by atoms with Crippen LogP contribution in [0.1, 0.15) is 26.2 Å². The predicted molar refractivity (Wildman–Crippen MR) is 87.2 cm³/mol. The smallest absolute Gasteiger partial charge is 0.319 e. The van der Waals surface area contributed by atoms with Gasteiger partial charge >= 0.3 is 6.03 Å². The van der Waals surface area contributed by atoms with Crippen LogP contribution in [-0.2, 0) is 9.47 Å². The monoisotopic (exact) mass is 336 g/mol. The highest BCUT2D eigenvalue weighted by Gasteiger charge is 2.23. The number of urea groups is 1. The lowest BCUT2D eigenvalue weighted by Crippen LogP contribution is -2.48. The van der Waals surface area contributed by atoms with Crippen LogP contribution in [-0.4, -0.2) is 41.5 Å². The summed E-state index contributed by atoms with van der Waals surface area (Å²) in [6.07, 6.45) is 5.51. The number of anilines is 1. The molecule has 2 aromatic rings. The SMILES string of the molecule is CCCCC1OCC(NC(=O)Nc2c[nH]c3ncc(F)cc23)CO1. The summed E-state index contributed by atoms with van der Waals surface area (Å²) in [4.78, 5) is 18.9. The Morgan fingerprint density at radius 1 is 1.46 bits per heavy atom. The van der Waals surface area contributed by atoms with Gasteiger partial charge in [0, 0.05) is 11.6 Å². The van der Waals surface area contributed by atoms with E-state index >= 15 is 0 Å². The van der Waals surface area contributed by atoms with Crippen LogP contribution < -0.4 is 10.6 Å². The zero-order valence-electron chi connectivity index (χ0n) is 13.5. The number of ether oxygens (including phenoxy) is 2. The third-order valence-corrected chi connectivity index (χ3v) is 3.84. The van der Waals surface area contributed by atoms with Crippen molar-refractivity contribution in [2.75, 3.05) is 18.5 Å². The first-order chi connectivity index (χ1) is 11.7. The lowest BCUT2D eigenvalue weighted by molar-refractivity contribution is -0.191. The Balaban J connectivity index is 1.52. The zero-order valence-corrected chi connectivity index (χ0v) is 13.5. The summed E-state index contributed by atoms with van der Waals surface area (Å²) < 4.78 is 24.5. The topological polar surface area (TPSA) is 88.3 Å². The molecule has 0 saturated carbocycles. The first kappa shape index (κ1) is 16.7. The molecule has 130 valence electrons. The Kier molecular flexibility index (Phi) is 5.27. The normalized spacial score (nSPS) is 20.9. The summed E-state index contributed by atoms with van der Waals surface area (Å²) in [5, 5.41) is 5.99. The van der Waals surface area contributed by atoms with E-state index in [9.17, 15) is 9.18 Å². The van der Waals surface area contributed by atoms with Gasteiger partial charge in [-0.3, -0.25) is 0 Å². The highest BCUT2D eigenvalue weighted by atomic mass is 19.1. The van der Waals surface area contributed by atoms with E-state index in [4.69, 9.17) is 9.47 Å². The third-order valence-electron chi connectivity index (χ3n) is 3.84. The molecule has 1 fully saturated rings. The summed E-state index contributed by atoms with van der Waals surface area (Å²) in [6.45, 7) is 2.93. The number of H-pyrrole nitrogens is 1. The average molecular weight is 336 g/mol. The van der Waals surface area contributed by atoms with Gasteiger partial charge in [-0.25, -0.2) is 14.2 Å². The number of unbranched alkanes of at least 4 members (excludes halogenated alkanes) is 1. The van der Waals surface area contributed by atoms with Crippen molar-refractivity contribution in [2.24, 2.45) is 0 Å². The molecule has 3 heterocycles. The van der Waals surface area contributed by atoms with E-state index in [2.05, 4.69) is 27.5 Å². The van der Waals surface area contributed by atoms with Crippen LogP contribution in [0.5, 0.6) is 0 Å². The van der Waals surface area contributed by atoms with Gasteiger partial charge in [0.1, 0.15) is 11.5 Å². The fourth-order valence-electron chi connectivity index (χ4n) is 2.59. The fourth-order valence-corrected chi connectivity index (χ4v) is 2.59. The quantitative estimate of drug-likeness (QED) is 0.783. The molecule has 8 heteroatoms. The Morgan fingerprint density at radius 2 is 2.25 bits per heavy atom. The number of hydrogen-bond acceptors (Lipinski definition) is 4. The summed E-state index contributed by atoms with van der Waals surface area (Å²) >= 11 is 0. The second kappa shape index (κ2) is 7.59. The summed E-state index contributed by atoms with van der Waals surface area (Å²) in [6, 6.07) is 0.701. The molecule has 0 radical (unpaired) electrons. The maximum absolute atomic E-state index is 13.3. The van der Waals surface area contributed by atoms with Crippen molar-refractivity contribution in [2.45, 2.75) is 38.5 Å². The molecule has 0 bridgehead atoms. The lowest BCUT2D eigenvalue weighted by atomic mass is 10.2. The van der Waals surface area contributed by atoms with Crippen LogP contribution in [0.25, 0.3) is 11.0 Å². The number of nitrogens with zero attached hydrogens (tertiary/aromatic N) is 1. The van der Waals surface area contributed by atoms with E-state index in [1.807, 2.05) is 0 Å². The molecule has 3 rings (SSSR count). The number of nitrogens with one attached hydrogen (secondary N) is 3. The number of aromatic nitrogens is 2. The van der Waals surface area contributed by atoms with Gasteiger partial charge in [0.05, 0.1) is 31.1 Å². The van der Waals surface area contributed by atoms with Crippen LogP contribution in [0.3, 0.4) is 0 Å². The van der Waals surface area contributed by atoms with Gasteiger partial charge in [-0.05, 0) is 18.9 Å². The van der Waals surface area contributed by atoms with Gasteiger partial charge < -0.3 is 25.1 Å². The summed E-state index contributed by atoms with van der Waals surface area (Å²) in [5.74, 6) is -0.460. The van der Waals surface area contributed by atoms with Crippen LogP contribution in [0.15, 0.2) is 18.5 Å². The molecule has 1 saturated heterocycles. The molecule has 3 N–H and O–H groups in total. The number of halogens is 1. The van der Waals surface area contributed by atoms with Gasteiger partial charge in [0.25, 0.3) is 0 Å². The molecule has 2 aromatic heterocycles. The molecule has 0 atom stereocenters. The predicted octanol–water partition coefficient (Wildman–Crippen LogP) is 2.76. The van der Waals surface area contributed by atoms with E-state index in [0.717, 1.165) is 25.5 Å². The zero-order chi connectivity index (χ0) is 16.9. The Morgan fingerprint density at radius 3 is 3.00 bits per heavy atom. The van der Waals surface area contributed by atoms with Gasteiger partial charge in [0.2, 0.25) is 0 Å². The van der Waals surface area contributed by atoms with Crippen molar-refractivity contribution in [1.82, 2.24) is 15.3 Å². The van der Waals surface area contributed by atoms with E-state index in [-0.39, 0.29) is 12.3 Å². The van der Waals surface area contributed by atoms with Gasteiger partial charge in [-0.2, -0.15) is 0 Å². The summed E-state index contributed by atoms with van der Waals surface area (Å²) in [7, 11) is 0. The van der Waals surface area contributed by atoms with Crippen molar-refractivity contribution in [1.29, 1.82) is 0 Å². The Bertz CT molecular complexity index is 698. The van der Waals surface area contributed by atoms with Gasteiger partial charge in [0.15, 0.2) is 6.29 Å². The van der Waals surface area contributed by atoms with Crippen LogP contribution in [0.2, 0.25) is 0 Å². The number of pyridine rings is 1. The standard InChI is InChI=1S/C16H21FN4O3/c1-2-3-4-14-23-8-11(9-24-14)20-16(22)21-13-7-19-15-12(13)5-10(17)6-18-15/h5-7,11,14H,2-4,8-9H2,1H3,(H,18,19)(H2,20,21,22). The van der Waals surface area contributed by atoms with Crippen LogP contribution in [0.4, 0.5) is 14.9 Å². The second-order valence-electron chi connectivity index (χ2n) is 5.79. The number of carbonyl (C=O) groups excluding carboxylic acids is 1. The number of hydrogen-bond donors (Lipinski definition) is 3. The Hall–Kier alpha value is -2.19. The van der Waals surface area contributed by atoms with E-state index in [0.29, 0.717) is 29.9 Å². The number of aromatic amines is 1. The minimum absolute atomic E-state index is 0.186. The molecule has 1 aliphatic heterocycles. The highest BCUT2D eigenvalue weighted by molar-refractivity contribution is 5.99. The lowest BCUT2D eigenvalue weighted by Gasteiger charge is -2.29. The molecule has 0 spiro atoms. The number of fused-ring (bicyclic) bond motifs is 1. The van der Waals surface area contributed by atoms with Crippen molar-refractivity contribution >= 4 is 22.8 Å². The molecular weight excluding hydrogens is 315 g/mol. The largest absolute Gasteiger partial charge is 0.350 e. The van der Waals surface area contributed by atoms with Crippen LogP contribution >= 0.6 is 0 Å². The van der Waals surface area contributed by atoms with E-state index in [1.54, 1.807) is 6.20 Å². The van der Waals surface area contributed by atoms with E-state index in [1.165, 1.54) is 6.07 Å². The minimum atomic E-state index is -0.460. The van der Waals surface area contributed by atoms with Crippen molar-refractivity contribution in [3.8, 4) is 0 Å².